The van der Waals surface area contributed by atoms with Crippen molar-refractivity contribution in [3.05, 3.63) is 35.5 Å². The molecule has 10 heteroatoms. The third kappa shape index (κ3) is 5.55. The quantitative estimate of drug-likeness (QED) is 0.703. The zero-order chi connectivity index (χ0) is 22.5. The van der Waals surface area contributed by atoms with Crippen LogP contribution in [0.4, 0.5) is 10.9 Å². The molecule has 0 aromatic carbocycles. The van der Waals surface area contributed by atoms with Crippen LogP contribution < -0.4 is 10.2 Å². The Morgan fingerprint density at radius 1 is 1.03 bits per heavy atom. The summed E-state index contributed by atoms with van der Waals surface area (Å²) in [6, 6.07) is 6.18. The smallest absolute Gasteiger partial charge is 0.273 e. The van der Waals surface area contributed by atoms with Gasteiger partial charge in [0.15, 0.2) is 5.13 Å². The molecular formula is C22H31N7O2S. The van der Waals surface area contributed by atoms with Gasteiger partial charge in [-0.25, -0.2) is 9.97 Å². The predicted octanol–water partition coefficient (Wildman–Crippen LogP) is 1.47. The van der Waals surface area contributed by atoms with Crippen LogP contribution in [0, 0.1) is 0 Å². The van der Waals surface area contributed by atoms with E-state index in [9.17, 15) is 9.59 Å². The first-order valence-corrected chi connectivity index (χ1v) is 12.0. The lowest BCUT2D eigenvalue weighted by atomic mass is 10.2. The monoisotopic (exact) mass is 457 g/mol. The van der Waals surface area contributed by atoms with E-state index in [0.29, 0.717) is 51.5 Å². The van der Waals surface area contributed by atoms with Crippen molar-refractivity contribution in [3.8, 4) is 0 Å². The van der Waals surface area contributed by atoms with Crippen molar-refractivity contribution in [1.29, 1.82) is 0 Å². The highest BCUT2D eigenvalue weighted by molar-refractivity contribution is 7.13. The minimum Gasteiger partial charge on any atom is -0.359 e. The van der Waals surface area contributed by atoms with Gasteiger partial charge in [-0.3, -0.25) is 14.5 Å². The van der Waals surface area contributed by atoms with Gasteiger partial charge < -0.3 is 20.0 Å². The molecule has 0 atom stereocenters. The summed E-state index contributed by atoms with van der Waals surface area (Å²) in [5, 5.41) is 5.82. The number of rotatable bonds is 6. The van der Waals surface area contributed by atoms with Crippen LogP contribution in [0.1, 0.15) is 24.3 Å². The molecule has 2 aliphatic rings. The van der Waals surface area contributed by atoms with Crippen LogP contribution >= 0.6 is 11.3 Å². The molecule has 4 rings (SSSR count). The fourth-order valence-corrected chi connectivity index (χ4v) is 4.80. The molecule has 0 radical (unpaired) electrons. The number of anilines is 2. The number of carbonyl (C=O) groups excluding carboxylic acids is 2. The second-order valence-electron chi connectivity index (χ2n) is 8.46. The molecule has 0 unspecified atom stereocenters. The Labute approximate surface area is 193 Å². The molecule has 0 aliphatic carbocycles. The Balaban J connectivity index is 1.21. The maximum absolute atomic E-state index is 12.8. The number of hydrogen-bond donors (Lipinski definition) is 1. The summed E-state index contributed by atoms with van der Waals surface area (Å²) in [6.45, 7) is 10.2. The van der Waals surface area contributed by atoms with Gasteiger partial charge in [-0.15, -0.1) is 11.3 Å². The molecule has 2 aromatic heterocycles. The second kappa shape index (κ2) is 10.3. The Hall–Kier alpha value is -2.72. The number of hydrogen-bond acceptors (Lipinski definition) is 8. The first kappa shape index (κ1) is 22.5. The summed E-state index contributed by atoms with van der Waals surface area (Å²) in [5.41, 5.74) is 0.494. The van der Waals surface area contributed by atoms with Gasteiger partial charge in [-0.2, -0.15) is 0 Å². The average Bonchev–Trinajstić information content (AvgIpc) is 3.27. The fourth-order valence-electron chi connectivity index (χ4n) is 3.97. The predicted molar refractivity (Wildman–Crippen MR) is 126 cm³/mol. The molecule has 9 nitrogen and oxygen atoms in total. The number of carbonyl (C=O) groups is 2. The number of aromatic nitrogens is 2. The fraction of sp³-hybridized carbons (Fsp3) is 0.545. The van der Waals surface area contributed by atoms with Crippen molar-refractivity contribution in [1.82, 2.24) is 24.7 Å². The molecule has 4 heterocycles. The van der Waals surface area contributed by atoms with Crippen LogP contribution in [0.2, 0.25) is 0 Å². The third-order valence-corrected chi connectivity index (χ3v) is 6.53. The Bertz CT molecular complexity index is 904. The molecular weight excluding hydrogens is 426 g/mol. The van der Waals surface area contributed by atoms with E-state index >= 15 is 0 Å². The van der Waals surface area contributed by atoms with Crippen molar-refractivity contribution in [2.45, 2.75) is 19.9 Å². The Morgan fingerprint density at radius 3 is 2.41 bits per heavy atom. The van der Waals surface area contributed by atoms with Gasteiger partial charge in [-0.05, 0) is 26.0 Å². The van der Waals surface area contributed by atoms with Crippen molar-refractivity contribution in [2.24, 2.45) is 0 Å². The molecule has 2 saturated heterocycles. The van der Waals surface area contributed by atoms with Crippen molar-refractivity contribution < 1.29 is 9.59 Å². The van der Waals surface area contributed by atoms with Gasteiger partial charge in [0.2, 0.25) is 5.91 Å². The molecule has 172 valence electrons. The minimum atomic E-state index is -0.0327. The molecule has 32 heavy (non-hydrogen) atoms. The largest absolute Gasteiger partial charge is 0.359 e. The summed E-state index contributed by atoms with van der Waals surface area (Å²) in [5.74, 6) is 1.09. The van der Waals surface area contributed by atoms with Crippen molar-refractivity contribution >= 4 is 34.1 Å². The number of piperazine rings is 2. The van der Waals surface area contributed by atoms with Crippen LogP contribution in [0.5, 0.6) is 0 Å². The summed E-state index contributed by atoms with van der Waals surface area (Å²) >= 11 is 1.46. The van der Waals surface area contributed by atoms with Gasteiger partial charge in [0.1, 0.15) is 11.5 Å². The van der Waals surface area contributed by atoms with E-state index in [1.54, 1.807) is 6.20 Å². The van der Waals surface area contributed by atoms with Gasteiger partial charge >= 0.3 is 0 Å². The van der Waals surface area contributed by atoms with Crippen LogP contribution in [0.15, 0.2) is 29.8 Å². The lowest BCUT2D eigenvalue weighted by molar-refractivity contribution is -0.133. The molecule has 0 spiro atoms. The molecule has 1 N–H and O–H groups in total. The average molecular weight is 458 g/mol. The van der Waals surface area contributed by atoms with Crippen LogP contribution in [-0.2, 0) is 4.79 Å². The molecule has 2 aromatic rings. The summed E-state index contributed by atoms with van der Waals surface area (Å²) < 4.78 is 0. The van der Waals surface area contributed by atoms with Crippen LogP contribution in [-0.4, -0.2) is 101 Å². The normalized spacial score (nSPS) is 17.7. The Kier molecular flexibility index (Phi) is 7.21. The molecule has 0 saturated carbocycles. The number of nitrogens with one attached hydrogen (secondary N) is 1. The van der Waals surface area contributed by atoms with Gasteiger partial charge in [0.05, 0.1) is 6.54 Å². The van der Waals surface area contributed by atoms with E-state index in [1.165, 1.54) is 11.3 Å². The van der Waals surface area contributed by atoms with Crippen molar-refractivity contribution in [2.75, 3.05) is 69.1 Å². The van der Waals surface area contributed by atoms with E-state index in [4.69, 9.17) is 0 Å². The third-order valence-electron chi connectivity index (χ3n) is 5.76. The van der Waals surface area contributed by atoms with E-state index in [0.717, 1.165) is 24.0 Å². The first-order valence-electron chi connectivity index (χ1n) is 11.2. The van der Waals surface area contributed by atoms with Crippen LogP contribution in [0.3, 0.4) is 0 Å². The second-order valence-corrected chi connectivity index (χ2v) is 9.32. The van der Waals surface area contributed by atoms with Gasteiger partial charge in [0.25, 0.3) is 5.91 Å². The highest BCUT2D eigenvalue weighted by atomic mass is 32.1. The summed E-state index contributed by atoms with van der Waals surface area (Å²) in [6.07, 6.45) is 1.80. The zero-order valence-corrected chi connectivity index (χ0v) is 19.6. The highest BCUT2D eigenvalue weighted by Gasteiger charge is 2.27. The Morgan fingerprint density at radius 2 is 1.75 bits per heavy atom. The lowest BCUT2D eigenvalue weighted by Gasteiger charge is -2.38. The zero-order valence-electron chi connectivity index (χ0n) is 18.7. The lowest BCUT2D eigenvalue weighted by Crippen LogP contribution is -2.54. The summed E-state index contributed by atoms with van der Waals surface area (Å²) in [7, 11) is 0. The van der Waals surface area contributed by atoms with Gasteiger partial charge in [0, 0.05) is 70.0 Å². The SMILES string of the molecule is CC(C)Nc1nc(C(=O)N2CCN(CC(=O)N3CCN(c4ccccn4)CC3)CC2)cs1. The van der Waals surface area contributed by atoms with E-state index in [-0.39, 0.29) is 17.9 Å². The summed E-state index contributed by atoms with van der Waals surface area (Å²) in [4.78, 5) is 42.5. The number of amides is 2. The molecule has 2 aliphatic heterocycles. The maximum atomic E-state index is 12.8. The van der Waals surface area contributed by atoms with Crippen molar-refractivity contribution in [3.63, 3.8) is 0 Å². The van der Waals surface area contributed by atoms with Crippen LogP contribution in [0.25, 0.3) is 0 Å². The number of nitrogens with zero attached hydrogens (tertiary/aromatic N) is 6. The molecule has 0 bridgehead atoms. The molecule has 2 amide bonds. The number of pyridine rings is 1. The standard InChI is InChI=1S/C22H31N7O2S/c1-17(2)24-22-25-18(16-32-22)21(31)29-9-7-26(8-10-29)15-20(30)28-13-11-27(12-14-28)19-5-3-4-6-23-19/h3-6,16-17H,7-15H2,1-2H3,(H,24,25). The molecule has 2 fully saturated rings. The van der Waals surface area contributed by atoms with E-state index in [1.807, 2.05) is 47.2 Å². The van der Waals surface area contributed by atoms with E-state index < -0.39 is 0 Å². The number of thiazole rings is 1. The first-order chi connectivity index (χ1) is 15.5. The highest BCUT2D eigenvalue weighted by Crippen LogP contribution is 2.18. The minimum absolute atomic E-state index is 0.0327. The van der Waals surface area contributed by atoms with E-state index in [2.05, 4.69) is 25.1 Å². The maximum Gasteiger partial charge on any atom is 0.273 e. The van der Waals surface area contributed by atoms with Gasteiger partial charge in [-0.1, -0.05) is 6.07 Å². The topological polar surface area (TPSA) is 84.9 Å².